The lowest BCUT2D eigenvalue weighted by Crippen LogP contribution is -2.42. The third kappa shape index (κ3) is 3.33. The Morgan fingerprint density at radius 2 is 2.50 bits per heavy atom. The molecule has 1 aliphatic heterocycles. The Bertz CT molecular complexity index is 218. The van der Waals surface area contributed by atoms with Crippen molar-refractivity contribution in [3.63, 3.8) is 0 Å². The molecular formula is C9H16N2O3. The van der Waals surface area contributed by atoms with Gasteiger partial charge < -0.3 is 15.4 Å². The summed E-state index contributed by atoms with van der Waals surface area (Å²) in [7, 11) is 1.62. The van der Waals surface area contributed by atoms with Crippen molar-refractivity contribution in [1.82, 2.24) is 10.6 Å². The molecule has 0 spiro atoms. The molecule has 1 saturated heterocycles. The predicted molar refractivity (Wildman–Crippen MR) is 50.7 cm³/mol. The Morgan fingerprint density at radius 1 is 1.71 bits per heavy atom. The summed E-state index contributed by atoms with van der Waals surface area (Å²) >= 11 is 0. The number of hydrogen-bond donors (Lipinski definition) is 2. The van der Waals surface area contributed by atoms with Crippen molar-refractivity contribution in [3.05, 3.63) is 0 Å². The first-order valence-corrected chi connectivity index (χ1v) is 4.80. The second-order valence-corrected chi connectivity index (χ2v) is 3.30. The van der Waals surface area contributed by atoms with E-state index in [2.05, 4.69) is 10.6 Å². The molecule has 1 rings (SSSR count). The van der Waals surface area contributed by atoms with Crippen molar-refractivity contribution in [2.75, 3.05) is 20.3 Å². The Balaban J connectivity index is 2.12. The van der Waals surface area contributed by atoms with Crippen LogP contribution in [0.5, 0.6) is 0 Å². The van der Waals surface area contributed by atoms with Crippen LogP contribution in [0.25, 0.3) is 0 Å². The lowest BCUT2D eigenvalue weighted by atomic mass is 10.2. The average Bonchev–Trinajstić information content (AvgIpc) is 2.59. The van der Waals surface area contributed by atoms with Crippen molar-refractivity contribution in [3.8, 4) is 0 Å². The molecule has 2 N–H and O–H groups in total. The van der Waals surface area contributed by atoms with E-state index in [4.69, 9.17) is 4.74 Å². The van der Waals surface area contributed by atoms with Crippen molar-refractivity contribution in [1.29, 1.82) is 0 Å². The van der Waals surface area contributed by atoms with Crippen molar-refractivity contribution >= 4 is 11.8 Å². The first-order chi connectivity index (χ1) is 6.74. The topological polar surface area (TPSA) is 67.4 Å². The summed E-state index contributed by atoms with van der Waals surface area (Å²) in [5.74, 6) is -0.131. The van der Waals surface area contributed by atoms with Gasteiger partial charge in [-0.1, -0.05) is 0 Å². The summed E-state index contributed by atoms with van der Waals surface area (Å²) in [5.41, 5.74) is 0. The van der Waals surface area contributed by atoms with E-state index in [9.17, 15) is 9.59 Å². The highest BCUT2D eigenvalue weighted by atomic mass is 16.5. The van der Waals surface area contributed by atoms with Crippen LogP contribution in [0.4, 0.5) is 0 Å². The standard InChI is InChI=1S/C9H16N2O3/c1-14-6-2-5-10-9(13)7-3-4-8(12)11-7/h7H,2-6H2,1H3,(H,10,13)(H,11,12)/t7-/m0/s1. The van der Waals surface area contributed by atoms with E-state index in [1.54, 1.807) is 7.11 Å². The van der Waals surface area contributed by atoms with Crippen LogP contribution in [0.15, 0.2) is 0 Å². The summed E-state index contributed by atoms with van der Waals surface area (Å²) < 4.78 is 4.85. The van der Waals surface area contributed by atoms with Gasteiger partial charge in [0.2, 0.25) is 11.8 Å². The number of ether oxygens (including phenoxy) is 1. The zero-order valence-electron chi connectivity index (χ0n) is 8.34. The Kier molecular flexibility index (Phi) is 4.39. The Morgan fingerprint density at radius 3 is 3.07 bits per heavy atom. The summed E-state index contributed by atoms with van der Waals surface area (Å²) in [5, 5.41) is 5.36. The summed E-state index contributed by atoms with van der Waals surface area (Å²) in [6, 6.07) is -0.329. The molecule has 0 radical (unpaired) electrons. The molecule has 0 aromatic heterocycles. The highest BCUT2D eigenvalue weighted by Gasteiger charge is 2.26. The van der Waals surface area contributed by atoms with Crippen LogP contribution in [0.3, 0.4) is 0 Å². The van der Waals surface area contributed by atoms with Crippen molar-refractivity contribution < 1.29 is 14.3 Å². The molecular weight excluding hydrogens is 184 g/mol. The van der Waals surface area contributed by atoms with Crippen LogP contribution >= 0.6 is 0 Å². The molecule has 5 heteroatoms. The van der Waals surface area contributed by atoms with E-state index >= 15 is 0 Å². The number of carbonyl (C=O) groups is 2. The highest BCUT2D eigenvalue weighted by molar-refractivity contribution is 5.90. The number of carbonyl (C=O) groups excluding carboxylic acids is 2. The lowest BCUT2D eigenvalue weighted by molar-refractivity contribution is -0.125. The number of methoxy groups -OCH3 is 1. The van der Waals surface area contributed by atoms with E-state index in [1.165, 1.54) is 0 Å². The maximum Gasteiger partial charge on any atom is 0.242 e. The number of amides is 2. The first kappa shape index (κ1) is 11.0. The minimum atomic E-state index is -0.329. The maximum atomic E-state index is 11.4. The molecule has 0 saturated carbocycles. The van der Waals surface area contributed by atoms with Gasteiger partial charge in [-0.2, -0.15) is 0 Å². The molecule has 1 fully saturated rings. The minimum absolute atomic E-state index is 0.0398. The van der Waals surface area contributed by atoms with Gasteiger partial charge in [0, 0.05) is 26.7 Å². The van der Waals surface area contributed by atoms with Gasteiger partial charge in [-0.25, -0.2) is 0 Å². The van der Waals surface area contributed by atoms with Gasteiger partial charge in [0.05, 0.1) is 0 Å². The second kappa shape index (κ2) is 5.59. The molecule has 2 amide bonds. The molecule has 1 aliphatic rings. The average molecular weight is 200 g/mol. The van der Waals surface area contributed by atoms with Gasteiger partial charge in [-0.15, -0.1) is 0 Å². The Hall–Kier alpha value is -1.10. The molecule has 1 heterocycles. The van der Waals surface area contributed by atoms with E-state index in [0.717, 1.165) is 6.42 Å². The zero-order valence-corrected chi connectivity index (χ0v) is 8.34. The van der Waals surface area contributed by atoms with E-state index < -0.39 is 0 Å². The van der Waals surface area contributed by atoms with Gasteiger partial charge in [-0.3, -0.25) is 9.59 Å². The van der Waals surface area contributed by atoms with Crippen LogP contribution in [0.1, 0.15) is 19.3 Å². The van der Waals surface area contributed by atoms with E-state index in [-0.39, 0.29) is 17.9 Å². The third-order valence-electron chi connectivity index (χ3n) is 2.14. The van der Waals surface area contributed by atoms with Gasteiger partial charge in [0.1, 0.15) is 6.04 Å². The van der Waals surface area contributed by atoms with E-state index in [1.807, 2.05) is 0 Å². The molecule has 0 aromatic rings. The van der Waals surface area contributed by atoms with Crippen molar-refractivity contribution in [2.45, 2.75) is 25.3 Å². The van der Waals surface area contributed by atoms with Gasteiger partial charge >= 0.3 is 0 Å². The van der Waals surface area contributed by atoms with Crippen LogP contribution in [0, 0.1) is 0 Å². The number of rotatable bonds is 5. The molecule has 5 nitrogen and oxygen atoms in total. The minimum Gasteiger partial charge on any atom is -0.385 e. The fourth-order valence-corrected chi connectivity index (χ4v) is 1.36. The predicted octanol–water partition coefficient (Wildman–Crippen LogP) is -0.582. The summed E-state index contributed by atoms with van der Waals surface area (Å²) in [6.07, 6.45) is 1.86. The van der Waals surface area contributed by atoms with Crippen LogP contribution in [-0.2, 0) is 14.3 Å². The monoisotopic (exact) mass is 200 g/mol. The van der Waals surface area contributed by atoms with Gasteiger partial charge in [0.25, 0.3) is 0 Å². The lowest BCUT2D eigenvalue weighted by Gasteiger charge is -2.10. The quantitative estimate of drug-likeness (QED) is 0.583. The first-order valence-electron chi connectivity index (χ1n) is 4.80. The molecule has 0 aliphatic carbocycles. The fourth-order valence-electron chi connectivity index (χ4n) is 1.36. The van der Waals surface area contributed by atoms with Crippen LogP contribution in [0.2, 0.25) is 0 Å². The van der Waals surface area contributed by atoms with Gasteiger partial charge in [0.15, 0.2) is 0 Å². The number of nitrogens with one attached hydrogen (secondary N) is 2. The second-order valence-electron chi connectivity index (χ2n) is 3.30. The normalized spacial score (nSPS) is 20.6. The molecule has 0 unspecified atom stereocenters. The SMILES string of the molecule is COCCCNC(=O)[C@@H]1CCC(=O)N1. The summed E-state index contributed by atoms with van der Waals surface area (Å²) in [4.78, 5) is 22.2. The molecule has 1 atom stereocenters. The highest BCUT2D eigenvalue weighted by Crippen LogP contribution is 2.05. The van der Waals surface area contributed by atoms with Crippen LogP contribution in [-0.4, -0.2) is 38.1 Å². The fraction of sp³-hybridized carbons (Fsp3) is 0.778. The van der Waals surface area contributed by atoms with Gasteiger partial charge in [-0.05, 0) is 12.8 Å². The molecule has 0 aromatic carbocycles. The Labute approximate surface area is 83.2 Å². The smallest absolute Gasteiger partial charge is 0.242 e. The molecule has 0 bridgehead atoms. The van der Waals surface area contributed by atoms with Crippen LogP contribution < -0.4 is 10.6 Å². The maximum absolute atomic E-state index is 11.4. The third-order valence-corrected chi connectivity index (χ3v) is 2.14. The van der Waals surface area contributed by atoms with E-state index in [0.29, 0.717) is 26.0 Å². The largest absolute Gasteiger partial charge is 0.385 e. The zero-order chi connectivity index (χ0) is 10.4. The summed E-state index contributed by atoms with van der Waals surface area (Å²) in [6.45, 7) is 1.23. The molecule has 14 heavy (non-hydrogen) atoms. The number of hydrogen-bond acceptors (Lipinski definition) is 3. The van der Waals surface area contributed by atoms with Crippen molar-refractivity contribution in [2.24, 2.45) is 0 Å². The molecule has 80 valence electrons.